The molecule has 182 valence electrons. The van der Waals surface area contributed by atoms with Crippen molar-refractivity contribution in [3.05, 3.63) is 82.9 Å². The van der Waals surface area contributed by atoms with Crippen molar-refractivity contribution in [3.8, 4) is 22.6 Å². The summed E-state index contributed by atoms with van der Waals surface area (Å²) in [6.45, 7) is 6.76. The Morgan fingerprint density at radius 1 is 0.971 bits per heavy atom. The Balaban J connectivity index is 0.00000304. The van der Waals surface area contributed by atoms with E-state index >= 15 is 0 Å². The molecule has 0 aromatic heterocycles. The van der Waals surface area contributed by atoms with Crippen LogP contribution in [0.4, 0.5) is 0 Å². The Labute approximate surface area is 207 Å². The molecule has 1 heterocycles. The highest BCUT2D eigenvalue weighted by Crippen LogP contribution is 2.51. The molecular formula is C30H33NO4. The minimum Gasteiger partial charge on any atom is -0.454 e. The molecule has 2 aliphatic rings. The maximum atomic E-state index is 13.6. The number of rotatable bonds is 6. The van der Waals surface area contributed by atoms with E-state index in [-0.39, 0.29) is 25.3 Å². The smallest absolute Gasteiger partial charge is 0.251 e. The van der Waals surface area contributed by atoms with Gasteiger partial charge in [-0.3, -0.25) is 9.59 Å². The van der Waals surface area contributed by atoms with Crippen molar-refractivity contribution < 1.29 is 20.5 Å². The average molecular weight is 472 g/mol. The zero-order chi connectivity index (χ0) is 24.8. The van der Waals surface area contributed by atoms with E-state index in [4.69, 9.17) is 9.47 Å². The van der Waals surface area contributed by atoms with Crippen molar-refractivity contribution in [2.24, 2.45) is 0 Å². The summed E-state index contributed by atoms with van der Waals surface area (Å²) in [4.78, 5) is 25.8. The van der Waals surface area contributed by atoms with Crippen LogP contribution in [0.5, 0.6) is 11.5 Å². The van der Waals surface area contributed by atoms with Gasteiger partial charge >= 0.3 is 0 Å². The number of ketones is 1. The van der Waals surface area contributed by atoms with E-state index in [1.54, 1.807) is 7.05 Å². The van der Waals surface area contributed by atoms with Crippen LogP contribution < -0.4 is 14.8 Å². The van der Waals surface area contributed by atoms with Crippen molar-refractivity contribution in [2.75, 3.05) is 13.8 Å². The summed E-state index contributed by atoms with van der Waals surface area (Å²) < 4.78 is 11.0. The molecule has 0 saturated heterocycles. The fourth-order valence-corrected chi connectivity index (χ4v) is 4.97. The number of nitrogens with one attached hydrogen (secondary N) is 1. The summed E-state index contributed by atoms with van der Waals surface area (Å²) in [6, 6.07) is 19.9. The number of fused-ring (bicyclic) bond motifs is 1. The van der Waals surface area contributed by atoms with Gasteiger partial charge in [-0.15, -0.1) is 0 Å². The lowest BCUT2D eigenvalue weighted by atomic mass is 9.80. The van der Waals surface area contributed by atoms with E-state index in [0.717, 1.165) is 46.6 Å². The van der Waals surface area contributed by atoms with Crippen LogP contribution in [0.25, 0.3) is 11.1 Å². The summed E-state index contributed by atoms with van der Waals surface area (Å²) in [6.07, 6.45) is 2.07. The van der Waals surface area contributed by atoms with Crippen LogP contribution in [0.15, 0.2) is 60.7 Å². The van der Waals surface area contributed by atoms with Gasteiger partial charge in [0, 0.05) is 20.5 Å². The largest absolute Gasteiger partial charge is 0.454 e. The third-order valence-corrected chi connectivity index (χ3v) is 7.13. The van der Waals surface area contributed by atoms with Crippen molar-refractivity contribution in [3.63, 3.8) is 0 Å². The Morgan fingerprint density at radius 3 is 2.46 bits per heavy atom. The van der Waals surface area contributed by atoms with Crippen LogP contribution in [-0.4, -0.2) is 25.5 Å². The maximum absolute atomic E-state index is 13.6. The molecule has 5 rings (SSSR count). The number of hydrogen-bond acceptors (Lipinski definition) is 4. The Hall–Kier alpha value is -3.60. The van der Waals surface area contributed by atoms with Crippen LogP contribution in [0.1, 0.15) is 62.1 Å². The first-order valence-corrected chi connectivity index (χ1v) is 12.1. The van der Waals surface area contributed by atoms with E-state index in [1.807, 2.05) is 42.5 Å². The number of Topliss-reactive ketones (excluding diaryl/α,β-unsaturated/α-hetero) is 1. The molecule has 5 heteroatoms. The van der Waals surface area contributed by atoms with Crippen molar-refractivity contribution >= 4 is 11.7 Å². The minimum atomic E-state index is -0.441. The van der Waals surface area contributed by atoms with Gasteiger partial charge in [-0.05, 0) is 70.3 Å². The molecule has 0 radical (unpaired) electrons. The van der Waals surface area contributed by atoms with Crippen molar-refractivity contribution in [1.29, 1.82) is 0 Å². The highest BCUT2D eigenvalue weighted by atomic mass is 16.7. The number of benzene rings is 3. The minimum absolute atomic E-state index is 0. The van der Waals surface area contributed by atoms with E-state index in [1.165, 1.54) is 5.56 Å². The zero-order valence-corrected chi connectivity index (χ0v) is 20.7. The molecule has 0 bridgehead atoms. The van der Waals surface area contributed by atoms with E-state index in [9.17, 15) is 9.59 Å². The molecular weight excluding hydrogens is 438 g/mol. The number of ether oxygens (including phenoxy) is 2. The highest BCUT2D eigenvalue weighted by Gasteiger charge is 2.50. The third kappa shape index (κ3) is 4.31. The van der Waals surface area contributed by atoms with Crippen molar-refractivity contribution in [1.82, 2.24) is 5.32 Å². The summed E-state index contributed by atoms with van der Waals surface area (Å²) in [5, 5.41) is 2.70. The van der Waals surface area contributed by atoms with Gasteiger partial charge in [0.1, 0.15) is 5.78 Å². The molecule has 0 atom stereocenters. The first-order valence-electron chi connectivity index (χ1n) is 12.1. The van der Waals surface area contributed by atoms with E-state index < -0.39 is 5.41 Å². The molecule has 0 unspecified atom stereocenters. The molecule has 1 aliphatic heterocycles. The van der Waals surface area contributed by atoms with Gasteiger partial charge in [0.15, 0.2) is 11.5 Å². The maximum Gasteiger partial charge on any atom is 0.251 e. The monoisotopic (exact) mass is 471 g/mol. The van der Waals surface area contributed by atoms with Crippen LogP contribution in [0, 0.1) is 0 Å². The highest BCUT2D eigenvalue weighted by molar-refractivity contribution is 5.96. The molecule has 1 fully saturated rings. The molecule has 5 nitrogen and oxygen atoms in total. The first-order chi connectivity index (χ1) is 16.7. The van der Waals surface area contributed by atoms with Gasteiger partial charge in [-0.25, -0.2) is 0 Å². The van der Waals surface area contributed by atoms with Gasteiger partial charge in [0.25, 0.3) is 5.91 Å². The number of hydrogen-bond donors (Lipinski definition) is 1. The van der Waals surface area contributed by atoms with Gasteiger partial charge < -0.3 is 14.8 Å². The molecule has 1 saturated carbocycles. The van der Waals surface area contributed by atoms with Gasteiger partial charge in [0.2, 0.25) is 6.79 Å². The summed E-state index contributed by atoms with van der Waals surface area (Å²) in [5.41, 5.74) is 5.29. The Kier molecular flexibility index (Phi) is 5.66. The second-order valence-corrected chi connectivity index (χ2v) is 10.5. The summed E-state index contributed by atoms with van der Waals surface area (Å²) >= 11 is 0. The average Bonchev–Trinajstić information content (AvgIpc) is 3.53. The molecule has 1 aliphatic carbocycles. The van der Waals surface area contributed by atoms with Crippen molar-refractivity contribution in [2.45, 2.75) is 50.9 Å². The van der Waals surface area contributed by atoms with Gasteiger partial charge in [0.05, 0.1) is 5.41 Å². The predicted octanol–water partition coefficient (Wildman–Crippen LogP) is 5.83. The quantitative estimate of drug-likeness (QED) is 0.491. The number of amides is 1. The third-order valence-electron chi connectivity index (χ3n) is 7.13. The molecule has 3 aromatic carbocycles. The molecule has 1 N–H and O–H groups in total. The predicted molar refractivity (Wildman–Crippen MR) is 138 cm³/mol. The van der Waals surface area contributed by atoms with Gasteiger partial charge in [-0.1, -0.05) is 57.2 Å². The number of carbonyl (C=O) groups is 2. The summed E-state index contributed by atoms with van der Waals surface area (Å²) in [5.74, 6) is 1.56. The van der Waals surface area contributed by atoms with Crippen LogP contribution in [-0.2, 0) is 22.0 Å². The topological polar surface area (TPSA) is 64.6 Å². The lowest BCUT2D eigenvalue weighted by Gasteiger charge is -2.24. The lowest BCUT2D eigenvalue weighted by Crippen LogP contribution is -2.22. The lowest BCUT2D eigenvalue weighted by molar-refractivity contribution is -0.120. The molecule has 35 heavy (non-hydrogen) atoms. The molecule has 1 amide bonds. The van der Waals surface area contributed by atoms with Gasteiger partial charge in [-0.2, -0.15) is 0 Å². The van der Waals surface area contributed by atoms with E-state index in [2.05, 4.69) is 44.3 Å². The molecule has 0 spiro atoms. The Morgan fingerprint density at radius 2 is 1.74 bits per heavy atom. The van der Waals surface area contributed by atoms with Crippen LogP contribution in [0.3, 0.4) is 0 Å². The second-order valence-electron chi connectivity index (χ2n) is 10.5. The molecule has 3 aromatic rings. The normalized spacial score (nSPS) is 15.5. The van der Waals surface area contributed by atoms with Crippen LogP contribution in [0.2, 0.25) is 0 Å². The SMILES string of the molecule is CNC(=O)c1cccc(-c2cc(CC(=O)C3(c4ccc5c(c4)OCO5)CC3)ccc2C(C)(C)C)c1.[HH]. The fourth-order valence-electron chi connectivity index (χ4n) is 4.97. The fraction of sp³-hybridized carbons (Fsp3) is 0.333. The zero-order valence-electron chi connectivity index (χ0n) is 20.7. The first kappa shape index (κ1) is 23.2. The summed E-state index contributed by atoms with van der Waals surface area (Å²) in [7, 11) is 1.63. The van der Waals surface area contributed by atoms with Crippen LogP contribution >= 0.6 is 0 Å². The number of carbonyl (C=O) groups excluding carboxylic acids is 2. The van der Waals surface area contributed by atoms with E-state index in [0.29, 0.717) is 12.0 Å². The second kappa shape index (κ2) is 8.56. The Bertz CT molecular complexity index is 1320. The standard InChI is InChI=1S/C30H31NO4.H2/c1-29(2,3)24-10-8-19(14-23(24)20-6-5-7-21(16-20)28(33)31-4)15-27(32)30(12-13-30)22-9-11-25-26(17-22)35-18-34-25;/h5-11,14,16-17H,12-13,15,18H2,1-4H3,(H,31,33);1H.